The van der Waals surface area contributed by atoms with Crippen LogP contribution in [0.15, 0.2) is 21.3 Å². The monoisotopic (exact) mass is 324 g/mol. The Labute approximate surface area is 64.1 Å². The van der Waals surface area contributed by atoms with Crippen LogP contribution in [0.5, 0.6) is 0 Å². The molecule has 36 valence electrons. The summed E-state index contributed by atoms with van der Waals surface area (Å²) in [7, 11) is 5.49. The van der Waals surface area contributed by atoms with Crippen LogP contribution in [-0.4, -0.2) is 0 Å². The Bertz CT molecular complexity index is 87.7. The standard InChI is InChI=1S/C4H4Cl.ClH.Hg/c1-3-4(2)5;;/h2-3H,1H2;1H;/q;;+1/p-1. The van der Waals surface area contributed by atoms with E-state index in [-0.39, 0.29) is 0 Å². The van der Waals surface area contributed by atoms with Gasteiger partial charge in [0, 0.05) is 0 Å². The molecular weight excluding hydrogens is 320 g/mol. The Kier molecular flexibility index (Phi) is 5.87. The van der Waals surface area contributed by atoms with Crippen molar-refractivity contribution >= 4 is 19.9 Å². The number of rotatable bonds is 2. The first-order valence-electron chi connectivity index (χ1n) is 1.85. The van der Waals surface area contributed by atoms with Crippen LogP contribution in [0.4, 0.5) is 0 Å². The van der Waals surface area contributed by atoms with Gasteiger partial charge in [-0.25, -0.2) is 0 Å². The number of hydrogen-bond donors (Lipinski definition) is 0. The summed E-state index contributed by atoms with van der Waals surface area (Å²) in [5.41, 5.74) is 0. The topological polar surface area (TPSA) is 0 Å². The van der Waals surface area contributed by atoms with Crippen LogP contribution in [0.25, 0.3) is 0 Å². The third-order valence-corrected chi connectivity index (χ3v) is 5.45. The summed E-state index contributed by atoms with van der Waals surface area (Å²) >= 11 is 4.35. The van der Waals surface area contributed by atoms with Crippen molar-refractivity contribution in [3.05, 3.63) is 21.3 Å². The van der Waals surface area contributed by atoms with Crippen LogP contribution in [-0.2, 0) is 23.3 Å². The molecule has 0 spiro atoms. The molecule has 0 saturated carbocycles. The molecule has 0 unspecified atom stereocenters. The number of allylic oxidation sites excluding steroid dienone is 2. The predicted octanol–water partition coefficient (Wildman–Crippen LogP) is 2.49. The van der Waals surface area contributed by atoms with Crippen molar-refractivity contribution in [3.8, 4) is 0 Å². The van der Waals surface area contributed by atoms with Crippen LogP contribution in [0.3, 0.4) is 0 Å². The molecule has 0 fully saturated rings. The normalized spacial score (nSPS) is 10.3. The fourth-order valence-electron chi connectivity index (χ4n) is 0.157. The molecule has 3 heteroatoms. The Morgan fingerprint density at radius 3 is 2.43 bits per heavy atom. The summed E-state index contributed by atoms with van der Waals surface area (Å²) in [5.74, 6) is 0. The first kappa shape index (κ1) is 8.00. The zero-order valence-corrected chi connectivity index (χ0v) is 10.8. The first-order valence-corrected chi connectivity index (χ1v) is 12.2. The molecule has 7 heavy (non-hydrogen) atoms. The quantitative estimate of drug-likeness (QED) is 0.541. The molecule has 0 aromatic rings. The molecule has 0 aromatic carbocycles. The van der Waals surface area contributed by atoms with E-state index >= 15 is 0 Å². The summed E-state index contributed by atoms with van der Waals surface area (Å²) in [6, 6.07) is 0. The van der Waals surface area contributed by atoms with E-state index < -0.39 is 23.3 Å². The summed E-state index contributed by atoms with van der Waals surface area (Å²) in [5, 5.41) is 0.705. The van der Waals surface area contributed by atoms with Gasteiger partial charge >= 0.3 is 64.5 Å². The van der Waals surface area contributed by atoms with Crippen molar-refractivity contribution in [2.75, 3.05) is 0 Å². The van der Waals surface area contributed by atoms with Crippen molar-refractivity contribution in [2.24, 2.45) is 0 Å². The molecule has 0 saturated heterocycles. The molecule has 0 aliphatic carbocycles. The fraction of sp³-hybridized carbons (Fsp3) is 0. The molecule has 0 bridgehead atoms. The van der Waals surface area contributed by atoms with Crippen LogP contribution in [0, 0.1) is 0 Å². The Hall–Kier alpha value is 0.995. The minimum atomic E-state index is -1.13. The average Bonchev–Trinajstić information content (AvgIpc) is 1.68. The second-order valence-corrected chi connectivity index (χ2v) is 6.88. The van der Waals surface area contributed by atoms with Gasteiger partial charge in [0.2, 0.25) is 0 Å². The first-order chi connectivity index (χ1) is 3.31. The molecule has 0 heterocycles. The molecule has 0 aliphatic rings. The Morgan fingerprint density at radius 1 is 1.71 bits per heavy atom. The number of hydrogen-bond acceptors (Lipinski definition) is 0. The molecule has 0 rings (SSSR count). The molecule has 0 amide bonds. The van der Waals surface area contributed by atoms with E-state index in [1.807, 2.05) is 3.58 Å². The van der Waals surface area contributed by atoms with Crippen LogP contribution >= 0.6 is 19.9 Å². The third-order valence-electron chi connectivity index (χ3n) is 0.467. The van der Waals surface area contributed by atoms with Gasteiger partial charge in [0.25, 0.3) is 0 Å². The van der Waals surface area contributed by atoms with Gasteiger partial charge < -0.3 is 0 Å². The molecule has 0 atom stereocenters. The van der Waals surface area contributed by atoms with Crippen molar-refractivity contribution < 1.29 is 23.3 Å². The van der Waals surface area contributed by atoms with Crippen LogP contribution in [0.2, 0.25) is 0 Å². The van der Waals surface area contributed by atoms with Crippen LogP contribution < -0.4 is 0 Å². The van der Waals surface area contributed by atoms with Gasteiger partial charge in [-0.05, 0) is 0 Å². The van der Waals surface area contributed by atoms with E-state index in [4.69, 9.17) is 19.9 Å². The van der Waals surface area contributed by atoms with Crippen molar-refractivity contribution in [1.82, 2.24) is 0 Å². The summed E-state index contributed by atoms with van der Waals surface area (Å²) in [6.45, 7) is 3.46. The predicted molar refractivity (Wildman–Crippen MR) is 30.0 cm³/mol. The third kappa shape index (κ3) is 4.86. The molecule has 0 radical (unpaired) electrons. The van der Waals surface area contributed by atoms with Crippen molar-refractivity contribution in [1.29, 1.82) is 0 Å². The van der Waals surface area contributed by atoms with Gasteiger partial charge in [0.1, 0.15) is 0 Å². The molecular formula is C4H4Cl2Hg. The maximum atomic E-state index is 5.49. The van der Waals surface area contributed by atoms with Gasteiger partial charge in [-0.3, -0.25) is 0 Å². The van der Waals surface area contributed by atoms with Crippen LogP contribution in [0.1, 0.15) is 0 Å². The van der Waals surface area contributed by atoms with E-state index in [0.717, 1.165) is 0 Å². The Morgan fingerprint density at radius 2 is 2.29 bits per heavy atom. The average molecular weight is 324 g/mol. The minimum absolute atomic E-state index is 0.705. The summed E-state index contributed by atoms with van der Waals surface area (Å²) < 4.78 is 1.90. The summed E-state index contributed by atoms with van der Waals surface area (Å²) in [6.07, 6.45) is 1.60. The molecule has 0 aromatic heterocycles. The number of halogens is 2. The zero-order valence-electron chi connectivity index (χ0n) is 3.82. The SMILES string of the molecule is C=C/C(Cl)=[CH]\[Hg][Cl]. The Balaban J connectivity index is 3.49. The van der Waals surface area contributed by atoms with Crippen molar-refractivity contribution in [3.63, 3.8) is 0 Å². The van der Waals surface area contributed by atoms with Crippen molar-refractivity contribution in [2.45, 2.75) is 0 Å². The second-order valence-electron chi connectivity index (χ2n) is 0.947. The van der Waals surface area contributed by atoms with Gasteiger partial charge in [-0.15, -0.1) is 0 Å². The van der Waals surface area contributed by atoms with Gasteiger partial charge in [-0.1, -0.05) is 0 Å². The molecule has 0 nitrogen and oxygen atoms in total. The van der Waals surface area contributed by atoms with E-state index in [9.17, 15) is 0 Å². The van der Waals surface area contributed by atoms with Gasteiger partial charge in [0.05, 0.1) is 0 Å². The second kappa shape index (κ2) is 5.14. The van der Waals surface area contributed by atoms with E-state index in [2.05, 4.69) is 6.58 Å². The van der Waals surface area contributed by atoms with Gasteiger partial charge in [0.15, 0.2) is 0 Å². The zero-order chi connectivity index (χ0) is 5.70. The van der Waals surface area contributed by atoms with E-state index in [1.165, 1.54) is 0 Å². The summed E-state index contributed by atoms with van der Waals surface area (Å²) in [4.78, 5) is 0. The molecule has 0 N–H and O–H groups in total. The van der Waals surface area contributed by atoms with Gasteiger partial charge in [-0.2, -0.15) is 0 Å². The maximum absolute atomic E-state index is 5.49. The fourth-order valence-corrected chi connectivity index (χ4v) is 4.21. The van der Waals surface area contributed by atoms with E-state index in [0.29, 0.717) is 5.03 Å². The van der Waals surface area contributed by atoms with E-state index in [1.54, 1.807) is 6.08 Å². The molecule has 0 aliphatic heterocycles.